The smallest absolute Gasteiger partial charge is 0.160 e. The Labute approximate surface area is 365 Å². The Morgan fingerprint density at radius 1 is 0.317 bits per heavy atom. The van der Waals surface area contributed by atoms with E-state index in [1.54, 1.807) is 0 Å². The van der Waals surface area contributed by atoms with Crippen LogP contribution in [0, 0.1) is 0 Å². The molecular weight excluding hydrogens is 763 g/mol. The summed E-state index contributed by atoms with van der Waals surface area (Å²) in [5.74, 6) is 0.709. The highest BCUT2D eigenvalue weighted by Crippen LogP contribution is 2.65. The summed E-state index contributed by atoms with van der Waals surface area (Å²) in [5.41, 5.74) is 20.3. The third-order valence-corrected chi connectivity index (χ3v) is 13.3. The first-order chi connectivity index (χ1) is 31.2. The number of pyridine rings is 1. The van der Waals surface area contributed by atoms with Gasteiger partial charge in [0.2, 0.25) is 0 Å². The molecule has 1 spiro atoms. The number of rotatable bonds is 5. The molecule has 0 bridgehead atoms. The molecule has 0 radical (unpaired) electrons. The maximum Gasteiger partial charge on any atom is 0.160 e. The molecule has 2 heterocycles. The van der Waals surface area contributed by atoms with Crippen molar-refractivity contribution in [1.82, 2.24) is 15.0 Å². The van der Waals surface area contributed by atoms with E-state index in [2.05, 4.69) is 212 Å². The lowest BCUT2D eigenvalue weighted by Crippen LogP contribution is -2.26. The number of aromatic nitrogens is 3. The van der Waals surface area contributed by atoms with Crippen molar-refractivity contribution in [3.8, 4) is 78.5 Å². The van der Waals surface area contributed by atoms with Crippen LogP contribution in [0.4, 0.5) is 0 Å². The zero-order chi connectivity index (χ0) is 41.5. The predicted octanol–water partition coefficient (Wildman–Crippen LogP) is 14.9. The lowest BCUT2D eigenvalue weighted by molar-refractivity contribution is 0.801. The summed E-state index contributed by atoms with van der Waals surface area (Å²) >= 11 is 0. The zero-order valence-electron chi connectivity index (χ0n) is 34.2. The maximum atomic E-state index is 5.49. The van der Waals surface area contributed by atoms with Crippen LogP contribution in [-0.2, 0) is 5.41 Å². The van der Waals surface area contributed by atoms with Gasteiger partial charge in [-0.15, -0.1) is 0 Å². The Morgan fingerprint density at radius 2 is 0.794 bits per heavy atom. The first kappa shape index (κ1) is 35.5. The van der Waals surface area contributed by atoms with Gasteiger partial charge in [-0.3, -0.25) is 0 Å². The highest BCUT2D eigenvalue weighted by Gasteiger charge is 2.53. The van der Waals surface area contributed by atoms with Crippen LogP contribution < -0.4 is 0 Å². The minimum atomic E-state index is -0.456. The summed E-state index contributed by atoms with van der Waals surface area (Å²) < 4.78 is 0. The van der Waals surface area contributed by atoms with Gasteiger partial charge >= 0.3 is 0 Å². The van der Waals surface area contributed by atoms with Gasteiger partial charge in [0, 0.05) is 33.2 Å². The van der Waals surface area contributed by atoms with Crippen molar-refractivity contribution < 1.29 is 0 Å². The largest absolute Gasteiger partial charge is 0.247 e. The van der Waals surface area contributed by atoms with Gasteiger partial charge in [-0.05, 0) is 85.1 Å². The minimum Gasteiger partial charge on any atom is -0.247 e. The standard InChI is InChI=1S/C60H37N3/c1-3-15-39(16-4-1)54-37-55(40-17-5-2-6-18-40)63-59(62-54)45-34-33-43-35-42(31-32-44(43)36-45)38-27-29-41(30-28-38)58-56-48-21-9-13-25-52(48)60(57(56)49-22-10-14-26-53(49)61-58)50-23-11-7-19-46(50)47-20-8-12-24-51(47)60/h1-37H. The average Bonchev–Trinajstić information content (AvgIpc) is 3.84. The predicted molar refractivity (Wildman–Crippen MR) is 258 cm³/mol. The van der Waals surface area contributed by atoms with Crippen LogP contribution in [0.1, 0.15) is 22.3 Å². The molecule has 292 valence electrons. The Kier molecular flexibility index (Phi) is 7.82. The molecule has 2 aliphatic rings. The van der Waals surface area contributed by atoms with Gasteiger partial charge < -0.3 is 0 Å². The molecule has 13 rings (SSSR count). The Hall–Kier alpha value is -8.27. The number of benzene rings is 9. The molecule has 0 fully saturated rings. The number of nitrogens with zero attached hydrogens (tertiary/aromatic N) is 3. The van der Waals surface area contributed by atoms with Crippen LogP contribution in [0.15, 0.2) is 224 Å². The van der Waals surface area contributed by atoms with Crippen molar-refractivity contribution in [2.24, 2.45) is 0 Å². The van der Waals surface area contributed by atoms with E-state index in [1.807, 2.05) is 12.1 Å². The summed E-state index contributed by atoms with van der Waals surface area (Å²) in [6.45, 7) is 0. The molecule has 0 saturated carbocycles. The van der Waals surface area contributed by atoms with E-state index in [4.69, 9.17) is 15.0 Å². The van der Waals surface area contributed by atoms with Gasteiger partial charge in [0.05, 0.1) is 28.0 Å². The molecule has 3 heteroatoms. The summed E-state index contributed by atoms with van der Waals surface area (Å²) in [6.07, 6.45) is 0. The summed E-state index contributed by atoms with van der Waals surface area (Å²) in [7, 11) is 0. The number of para-hydroxylation sites is 1. The van der Waals surface area contributed by atoms with Crippen molar-refractivity contribution in [2.45, 2.75) is 5.41 Å². The third kappa shape index (κ3) is 5.36. The van der Waals surface area contributed by atoms with Crippen LogP contribution in [0.3, 0.4) is 0 Å². The molecule has 3 nitrogen and oxygen atoms in total. The van der Waals surface area contributed by atoms with Crippen LogP contribution in [-0.4, -0.2) is 15.0 Å². The van der Waals surface area contributed by atoms with Crippen molar-refractivity contribution in [3.63, 3.8) is 0 Å². The summed E-state index contributed by atoms with van der Waals surface area (Å²) in [4.78, 5) is 15.7. The molecule has 0 aliphatic heterocycles. The van der Waals surface area contributed by atoms with Gasteiger partial charge in [0.25, 0.3) is 0 Å². The monoisotopic (exact) mass is 799 g/mol. The number of hydrogen-bond donors (Lipinski definition) is 0. The van der Waals surface area contributed by atoms with Gasteiger partial charge in [0.1, 0.15) is 0 Å². The molecule has 0 saturated heterocycles. The second-order valence-electron chi connectivity index (χ2n) is 16.7. The molecule has 63 heavy (non-hydrogen) atoms. The fourth-order valence-electron chi connectivity index (χ4n) is 10.5. The number of fused-ring (bicyclic) bond motifs is 13. The minimum absolute atomic E-state index is 0.456. The molecule has 0 N–H and O–H groups in total. The molecule has 2 aromatic heterocycles. The Morgan fingerprint density at radius 3 is 1.43 bits per heavy atom. The first-order valence-electron chi connectivity index (χ1n) is 21.6. The quantitative estimate of drug-likeness (QED) is 0.174. The third-order valence-electron chi connectivity index (χ3n) is 13.3. The van der Waals surface area contributed by atoms with Crippen LogP contribution in [0.25, 0.3) is 100 Å². The Bertz CT molecular complexity index is 3510. The van der Waals surface area contributed by atoms with Gasteiger partial charge in [-0.1, -0.05) is 200 Å². The SMILES string of the molecule is c1ccc(-c2cc(-c3ccccc3)nc(-c3ccc4cc(-c5ccc(-c6nc7ccccc7c7c6-c6ccccc6C76c7ccccc7-c7ccccc76)cc5)ccc4c3)n2)cc1. The lowest BCUT2D eigenvalue weighted by Gasteiger charge is -2.31. The summed E-state index contributed by atoms with van der Waals surface area (Å²) in [5, 5.41) is 3.50. The van der Waals surface area contributed by atoms with Crippen LogP contribution in [0.2, 0.25) is 0 Å². The topological polar surface area (TPSA) is 38.7 Å². The first-order valence-corrected chi connectivity index (χ1v) is 21.6. The maximum absolute atomic E-state index is 5.49. The fraction of sp³-hybridized carbons (Fsp3) is 0.0167. The number of hydrogen-bond acceptors (Lipinski definition) is 3. The highest BCUT2D eigenvalue weighted by atomic mass is 14.9. The lowest BCUT2D eigenvalue weighted by atomic mass is 9.69. The zero-order valence-corrected chi connectivity index (χ0v) is 34.2. The Balaban J connectivity index is 0.907. The molecule has 0 amide bonds. The van der Waals surface area contributed by atoms with E-state index in [1.165, 1.54) is 49.9 Å². The van der Waals surface area contributed by atoms with E-state index in [9.17, 15) is 0 Å². The van der Waals surface area contributed by atoms with Crippen molar-refractivity contribution in [2.75, 3.05) is 0 Å². The van der Waals surface area contributed by atoms with Gasteiger partial charge in [-0.25, -0.2) is 15.0 Å². The molecular formula is C60H37N3. The van der Waals surface area contributed by atoms with Crippen molar-refractivity contribution in [3.05, 3.63) is 247 Å². The van der Waals surface area contributed by atoms with E-state index in [-0.39, 0.29) is 0 Å². The van der Waals surface area contributed by atoms with Crippen LogP contribution in [0.5, 0.6) is 0 Å². The molecule has 0 atom stereocenters. The molecule has 11 aromatic rings. The second kappa shape index (κ2) is 13.9. The van der Waals surface area contributed by atoms with Crippen molar-refractivity contribution in [1.29, 1.82) is 0 Å². The van der Waals surface area contributed by atoms with Gasteiger partial charge in [0.15, 0.2) is 5.82 Å². The van der Waals surface area contributed by atoms with E-state index >= 15 is 0 Å². The summed E-state index contributed by atoms with van der Waals surface area (Å²) in [6, 6.07) is 80.8. The second-order valence-corrected chi connectivity index (χ2v) is 16.7. The molecule has 9 aromatic carbocycles. The average molecular weight is 800 g/mol. The molecule has 2 aliphatic carbocycles. The van der Waals surface area contributed by atoms with E-state index in [0.29, 0.717) is 5.82 Å². The van der Waals surface area contributed by atoms with Crippen molar-refractivity contribution >= 4 is 21.7 Å². The normalized spacial score (nSPS) is 12.9. The molecule has 0 unspecified atom stereocenters. The highest BCUT2D eigenvalue weighted by molar-refractivity contribution is 6.06. The fourth-order valence-corrected chi connectivity index (χ4v) is 10.5. The van der Waals surface area contributed by atoms with E-state index < -0.39 is 5.41 Å². The van der Waals surface area contributed by atoms with Crippen LogP contribution >= 0.6 is 0 Å². The van der Waals surface area contributed by atoms with Gasteiger partial charge in [-0.2, -0.15) is 0 Å². The van der Waals surface area contributed by atoms with E-state index in [0.717, 1.165) is 66.8 Å².